The lowest BCUT2D eigenvalue weighted by Gasteiger charge is -2.37. The molecule has 1 atom stereocenters. The molecule has 3 aliphatic rings. The molecule has 2 aromatic heterocycles. The number of aryl methyl sites for hydroxylation is 2. The third-order valence-electron chi connectivity index (χ3n) is 8.09. The predicted octanol–water partition coefficient (Wildman–Crippen LogP) is 4.71. The molecular formula is C31H30N6O3. The number of morpholine rings is 1. The summed E-state index contributed by atoms with van der Waals surface area (Å²) in [5.41, 5.74) is 7.10. The Morgan fingerprint density at radius 3 is 2.75 bits per heavy atom. The number of ether oxygens (including phenoxy) is 1. The van der Waals surface area contributed by atoms with Gasteiger partial charge in [0.25, 0.3) is 5.91 Å². The highest BCUT2D eigenvalue weighted by molar-refractivity contribution is 5.99. The quantitative estimate of drug-likeness (QED) is 0.374. The molecule has 9 nitrogen and oxygen atoms in total. The number of fused-ring (bicyclic) bond motifs is 1. The fourth-order valence-electron chi connectivity index (χ4n) is 6.01. The predicted molar refractivity (Wildman–Crippen MR) is 153 cm³/mol. The highest BCUT2D eigenvalue weighted by Crippen LogP contribution is 2.37. The normalized spacial score (nSPS) is 19.0. The van der Waals surface area contributed by atoms with E-state index in [2.05, 4.69) is 33.2 Å². The Labute approximate surface area is 232 Å². The molecule has 0 saturated carbocycles. The van der Waals surface area contributed by atoms with Gasteiger partial charge in [-0.3, -0.25) is 9.79 Å². The summed E-state index contributed by atoms with van der Waals surface area (Å²) in [5.74, 6) is 1.55. The Hall–Kier alpha value is -4.37. The minimum atomic E-state index is -0.158. The molecule has 9 heteroatoms. The van der Waals surface area contributed by atoms with E-state index in [4.69, 9.17) is 19.2 Å². The van der Waals surface area contributed by atoms with Gasteiger partial charge in [-0.1, -0.05) is 41.6 Å². The van der Waals surface area contributed by atoms with Gasteiger partial charge in [0.05, 0.1) is 37.0 Å². The summed E-state index contributed by atoms with van der Waals surface area (Å²) < 4.78 is 11.4. The zero-order chi connectivity index (χ0) is 27.2. The van der Waals surface area contributed by atoms with Crippen LogP contribution in [0, 0.1) is 13.8 Å². The van der Waals surface area contributed by atoms with Crippen molar-refractivity contribution in [2.45, 2.75) is 26.3 Å². The van der Waals surface area contributed by atoms with Gasteiger partial charge in [0.1, 0.15) is 11.6 Å². The van der Waals surface area contributed by atoms with Crippen molar-refractivity contribution >= 4 is 28.8 Å². The van der Waals surface area contributed by atoms with E-state index in [0.29, 0.717) is 32.8 Å². The van der Waals surface area contributed by atoms with Crippen LogP contribution in [0.1, 0.15) is 40.1 Å². The summed E-state index contributed by atoms with van der Waals surface area (Å²) in [6.45, 7) is 7.55. The van der Waals surface area contributed by atoms with Gasteiger partial charge in [0.15, 0.2) is 0 Å². The van der Waals surface area contributed by atoms with Crippen molar-refractivity contribution in [3.63, 3.8) is 0 Å². The van der Waals surface area contributed by atoms with E-state index in [1.54, 1.807) is 0 Å². The van der Waals surface area contributed by atoms with Crippen LogP contribution in [-0.2, 0) is 4.74 Å². The van der Waals surface area contributed by atoms with Gasteiger partial charge >= 0.3 is 0 Å². The lowest BCUT2D eigenvalue weighted by atomic mass is 10.0. The monoisotopic (exact) mass is 534 g/mol. The number of hydrogen-bond acceptors (Lipinski definition) is 8. The molecule has 1 saturated heterocycles. The average Bonchev–Trinajstić information content (AvgIpc) is 3.61. The lowest BCUT2D eigenvalue weighted by molar-refractivity contribution is 0.0754. The van der Waals surface area contributed by atoms with Crippen molar-refractivity contribution in [2.75, 3.05) is 44.3 Å². The van der Waals surface area contributed by atoms with E-state index in [1.807, 2.05) is 55.3 Å². The Morgan fingerprint density at radius 2 is 1.93 bits per heavy atom. The molecule has 4 aromatic rings. The number of carbonyl (C=O) groups excluding carboxylic acids is 1. The summed E-state index contributed by atoms with van der Waals surface area (Å²) in [6.07, 6.45) is 2.73. The van der Waals surface area contributed by atoms with Crippen molar-refractivity contribution in [3.05, 3.63) is 82.5 Å². The first-order valence-corrected chi connectivity index (χ1v) is 13.7. The largest absolute Gasteiger partial charge is 0.377 e. The minimum Gasteiger partial charge on any atom is -0.377 e. The van der Waals surface area contributed by atoms with Crippen molar-refractivity contribution in [3.8, 4) is 11.1 Å². The second kappa shape index (κ2) is 9.98. The van der Waals surface area contributed by atoms with Gasteiger partial charge in [0, 0.05) is 36.8 Å². The standard InChI is InChI=1S/C31H30N6O3/c1-19-28(20(2)40-35-19)22-8-9-26-25(14-22)30(37-12-13-39-18-27(37)21-6-4-3-5-7-21)34-29(33-26)31(38)36-11-10-23-15-32-16-24(23)17-36/h3-9,14,16,27H,10-13,15,17-18H2,1-2H3/t27-/m1/s1. The number of aliphatic imine (C=N–C) groups is 1. The average molecular weight is 535 g/mol. The van der Waals surface area contributed by atoms with Crippen LogP contribution in [0.5, 0.6) is 0 Å². The van der Waals surface area contributed by atoms with Crippen LogP contribution in [0.3, 0.4) is 0 Å². The topological polar surface area (TPSA) is 97.0 Å². The molecule has 202 valence electrons. The van der Waals surface area contributed by atoms with E-state index >= 15 is 0 Å². The lowest BCUT2D eigenvalue weighted by Crippen LogP contribution is -2.41. The van der Waals surface area contributed by atoms with Crippen LogP contribution in [0.2, 0.25) is 0 Å². The maximum Gasteiger partial charge on any atom is 0.292 e. The molecule has 2 aromatic carbocycles. The van der Waals surface area contributed by atoms with Crippen LogP contribution in [0.4, 0.5) is 5.82 Å². The molecule has 5 heterocycles. The van der Waals surface area contributed by atoms with E-state index < -0.39 is 0 Å². The summed E-state index contributed by atoms with van der Waals surface area (Å²) >= 11 is 0. The minimum absolute atomic E-state index is 0.0453. The van der Waals surface area contributed by atoms with Gasteiger partial charge < -0.3 is 19.1 Å². The Kier molecular flexibility index (Phi) is 6.15. The maximum atomic E-state index is 13.8. The Balaban J connectivity index is 1.36. The molecule has 7 rings (SSSR count). The van der Waals surface area contributed by atoms with Crippen LogP contribution in [0.25, 0.3) is 22.0 Å². The fourth-order valence-corrected chi connectivity index (χ4v) is 6.01. The molecule has 1 fully saturated rings. The third-order valence-corrected chi connectivity index (χ3v) is 8.09. The SMILES string of the molecule is Cc1noc(C)c1-c1ccc2nc(C(=O)N3CCC4=C(C=NC4)C3)nc(N3CCOC[C@@H]3c3ccccc3)c2c1. The van der Waals surface area contributed by atoms with E-state index in [-0.39, 0.29) is 17.8 Å². The Morgan fingerprint density at radius 1 is 1.05 bits per heavy atom. The molecule has 0 N–H and O–H groups in total. The number of anilines is 1. The van der Waals surface area contributed by atoms with Gasteiger partial charge in [-0.2, -0.15) is 0 Å². The zero-order valence-corrected chi connectivity index (χ0v) is 22.6. The molecule has 0 bridgehead atoms. The highest BCUT2D eigenvalue weighted by Gasteiger charge is 2.31. The first kappa shape index (κ1) is 24.7. The molecule has 40 heavy (non-hydrogen) atoms. The second-order valence-corrected chi connectivity index (χ2v) is 10.6. The maximum absolute atomic E-state index is 13.8. The highest BCUT2D eigenvalue weighted by atomic mass is 16.5. The van der Waals surface area contributed by atoms with Gasteiger partial charge in [-0.25, -0.2) is 9.97 Å². The number of nitrogens with zero attached hydrogens (tertiary/aromatic N) is 6. The Bertz CT molecular complexity index is 1660. The van der Waals surface area contributed by atoms with Gasteiger partial charge in [-0.15, -0.1) is 0 Å². The van der Waals surface area contributed by atoms with E-state index in [9.17, 15) is 4.79 Å². The van der Waals surface area contributed by atoms with Crippen LogP contribution in [-0.4, -0.2) is 71.5 Å². The molecule has 0 radical (unpaired) electrons. The number of hydrogen-bond donors (Lipinski definition) is 0. The van der Waals surface area contributed by atoms with E-state index in [0.717, 1.165) is 63.4 Å². The second-order valence-electron chi connectivity index (χ2n) is 10.6. The number of carbonyl (C=O) groups is 1. The van der Waals surface area contributed by atoms with Crippen molar-refractivity contribution in [1.82, 2.24) is 20.0 Å². The summed E-state index contributed by atoms with van der Waals surface area (Å²) in [7, 11) is 0. The summed E-state index contributed by atoms with van der Waals surface area (Å²) in [4.78, 5) is 32.1. The molecule has 0 spiro atoms. The molecule has 1 amide bonds. The molecule has 3 aliphatic heterocycles. The number of amides is 1. The number of aromatic nitrogens is 3. The van der Waals surface area contributed by atoms with Crippen molar-refractivity contribution in [1.29, 1.82) is 0 Å². The smallest absolute Gasteiger partial charge is 0.292 e. The summed E-state index contributed by atoms with van der Waals surface area (Å²) in [5, 5.41) is 5.03. The van der Waals surface area contributed by atoms with Gasteiger partial charge in [-0.05, 0) is 54.7 Å². The zero-order valence-electron chi connectivity index (χ0n) is 22.6. The van der Waals surface area contributed by atoms with Crippen molar-refractivity contribution in [2.24, 2.45) is 4.99 Å². The number of benzene rings is 2. The third kappa shape index (κ3) is 4.26. The van der Waals surface area contributed by atoms with Crippen LogP contribution in [0.15, 0.2) is 69.2 Å². The molecule has 0 aliphatic carbocycles. The van der Waals surface area contributed by atoms with Gasteiger partial charge in [0.2, 0.25) is 5.82 Å². The fraction of sp³-hybridized carbons (Fsp3) is 0.323. The van der Waals surface area contributed by atoms with Crippen molar-refractivity contribution < 1.29 is 14.1 Å². The first-order valence-electron chi connectivity index (χ1n) is 13.7. The van der Waals surface area contributed by atoms with Crippen LogP contribution >= 0.6 is 0 Å². The van der Waals surface area contributed by atoms with E-state index in [1.165, 1.54) is 5.57 Å². The molecular weight excluding hydrogens is 504 g/mol. The first-order chi connectivity index (χ1) is 19.6. The summed E-state index contributed by atoms with van der Waals surface area (Å²) in [6, 6.07) is 16.3. The van der Waals surface area contributed by atoms with Crippen LogP contribution < -0.4 is 4.90 Å². The molecule has 0 unspecified atom stereocenters. The number of rotatable bonds is 4.